The van der Waals surface area contributed by atoms with Gasteiger partial charge in [-0.05, 0) is 32.2 Å². The summed E-state index contributed by atoms with van der Waals surface area (Å²) in [6, 6.07) is 6.40. The summed E-state index contributed by atoms with van der Waals surface area (Å²) in [5.41, 5.74) is 7.53. The Balaban J connectivity index is 2.32. The summed E-state index contributed by atoms with van der Waals surface area (Å²) in [5.74, 6) is 0.129. The van der Waals surface area contributed by atoms with E-state index < -0.39 is 0 Å². The number of benzene rings is 1. The Kier molecular flexibility index (Phi) is 3.92. The van der Waals surface area contributed by atoms with Crippen LogP contribution < -0.4 is 10.6 Å². The lowest BCUT2D eigenvalue weighted by molar-refractivity contribution is 0.234. The molecule has 4 nitrogen and oxygen atoms in total. The van der Waals surface area contributed by atoms with E-state index in [1.54, 1.807) is 0 Å². The van der Waals surface area contributed by atoms with Gasteiger partial charge in [0.25, 0.3) is 0 Å². The molecular weight excluding hydrogens is 292 g/mol. The third kappa shape index (κ3) is 2.67. The van der Waals surface area contributed by atoms with Crippen molar-refractivity contribution in [1.29, 1.82) is 5.41 Å². The van der Waals surface area contributed by atoms with E-state index in [0.717, 1.165) is 35.4 Å². The van der Waals surface area contributed by atoms with E-state index in [4.69, 9.17) is 11.1 Å². The first-order valence-corrected chi connectivity index (χ1v) is 6.87. The van der Waals surface area contributed by atoms with Crippen LogP contribution in [0.4, 0.5) is 5.69 Å². The molecule has 0 amide bonds. The molecule has 0 spiro atoms. The molecule has 0 aliphatic carbocycles. The van der Waals surface area contributed by atoms with Crippen LogP contribution in [0.25, 0.3) is 0 Å². The van der Waals surface area contributed by atoms with Crippen LogP contribution in [0.15, 0.2) is 22.7 Å². The molecule has 0 bridgehead atoms. The lowest BCUT2D eigenvalue weighted by atomic mass is 10.1. The fraction of sp³-hybridized carbons (Fsp3) is 0.462. The van der Waals surface area contributed by atoms with Gasteiger partial charge in [0.05, 0.1) is 0 Å². The summed E-state index contributed by atoms with van der Waals surface area (Å²) in [7, 11) is 2.15. The number of nitrogens with one attached hydrogen (secondary N) is 1. The van der Waals surface area contributed by atoms with Gasteiger partial charge in [0.1, 0.15) is 5.84 Å². The van der Waals surface area contributed by atoms with Crippen molar-refractivity contribution in [3.05, 3.63) is 28.2 Å². The fourth-order valence-corrected chi connectivity index (χ4v) is 2.61. The summed E-state index contributed by atoms with van der Waals surface area (Å²) in [6.45, 7) is 5.19. The van der Waals surface area contributed by atoms with Gasteiger partial charge >= 0.3 is 0 Å². The molecule has 5 heteroatoms. The summed E-state index contributed by atoms with van der Waals surface area (Å²) in [4.78, 5) is 4.66. The Hall–Kier alpha value is -1.07. The average molecular weight is 311 g/mol. The monoisotopic (exact) mass is 310 g/mol. The number of nitrogens with zero attached hydrogens (tertiary/aromatic N) is 2. The van der Waals surface area contributed by atoms with Crippen molar-refractivity contribution >= 4 is 27.5 Å². The molecule has 1 aliphatic rings. The molecular formula is C13H19BrN4. The smallest absolute Gasteiger partial charge is 0.124 e. The zero-order chi connectivity index (χ0) is 13.3. The number of rotatable bonds is 2. The van der Waals surface area contributed by atoms with Crippen LogP contribution >= 0.6 is 15.9 Å². The van der Waals surface area contributed by atoms with Crippen molar-refractivity contribution < 1.29 is 0 Å². The highest BCUT2D eigenvalue weighted by Gasteiger charge is 2.23. The van der Waals surface area contributed by atoms with E-state index in [-0.39, 0.29) is 5.84 Å². The first-order chi connectivity index (χ1) is 8.49. The van der Waals surface area contributed by atoms with Crippen LogP contribution in [0, 0.1) is 5.41 Å². The van der Waals surface area contributed by atoms with Gasteiger partial charge in [-0.1, -0.05) is 15.9 Å². The number of hydrogen-bond acceptors (Lipinski definition) is 3. The maximum absolute atomic E-state index is 7.68. The minimum Gasteiger partial charge on any atom is -0.384 e. The van der Waals surface area contributed by atoms with Crippen molar-refractivity contribution in [2.24, 2.45) is 5.73 Å². The summed E-state index contributed by atoms with van der Waals surface area (Å²) < 4.78 is 1.02. The Morgan fingerprint density at radius 2 is 2.17 bits per heavy atom. The Bertz CT molecular complexity index is 460. The molecule has 0 aromatic heterocycles. The van der Waals surface area contributed by atoms with Crippen molar-refractivity contribution in [3.63, 3.8) is 0 Å². The highest BCUT2D eigenvalue weighted by molar-refractivity contribution is 9.10. The van der Waals surface area contributed by atoms with Crippen LogP contribution in [0.3, 0.4) is 0 Å². The third-order valence-electron chi connectivity index (χ3n) is 3.55. The topological polar surface area (TPSA) is 56.4 Å². The number of nitrogens with two attached hydrogens (primary N) is 1. The number of amidine groups is 1. The van der Waals surface area contributed by atoms with Gasteiger partial charge in [-0.25, -0.2) is 0 Å². The third-order valence-corrected chi connectivity index (χ3v) is 4.04. The van der Waals surface area contributed by atoms with Gasteiger partial charge in [0.15, 0.2) is 0 Å². The molecule has 0 radical (unpaired) electrons. The SMILES string of the molecule is CC1CN(c2cc(Br)ccc2C(=N)N)CCN1C. The Morgan fingerprint density at radius 3 is 2.78 bits per heavy atom. The van der Waals surface area contributed by atoms with E-state index in [2.05, 4.69) is 45.8 Å². The van der Waals surface area contributed by atoms with Crippen molar-refractivity contribution in [2.45, 2.75) is 13.0 Å². The van der Waals surface area contributed by atoms with Gasteiger partial charge in [-0.3, -0.25) is 5.41 Å². The molecule has 1 heterocycles. The second kappa shape index (κ2) is 5.28. The second-order valence-electron chi connectivity index (χ2n) is 4.85. The van der Waals surface area contributed by atoms with E-state index >= 15 is 0 Å². The zero-order valence-corrected chi connectivity index (χ0v) is 12.4. The summed E-state index contributed by atoms with van der Waals surface area (Å²) in [5, 5.41) is 7.68. The number of nitrogen functional groups attached to an aromatic ring is 1. The highest BCUT2D eigenvalue weighted by atomic mass is 79.9. The van der Waals surface area contributed by atoms with Gasteiger partial charge in [-0.2, -0.15) is 0 Å². The number of halogens is 1. The van der Waals surface area contributed by atoms with Crippen LogP contribution in [0.2, 0.25) is 0 Å². The fourth-order valence-electron chi connectivity index (χ4n) is 2.26. The lowest BCUT2D eigenvalue weighted by Gasteiger charge is -2.39. The maximum atomic E-state index is 7.68. The summed E-state index contributed by atoms with van der Waals surface area (Å²) >= 11 is 3.49. The molecule has 3 N–H and O–H groups in total. The van der Waals surface area contributed by atoms with Crippen molar-refractivity contribution in [1.82, 2.24) is 4.90 Å². The molecule has 1 fully saturated rings. The number of anilines is 1. The highest BCUT2D eigenvalue weighted by Crippen LogP contribution is 2.26. The molecule has 0 saturated carbocycles. The van der Waals surface area contributed by atoms with E-state index in [9.17, 15) is 0 Å². The normalized spacial score (nSPS) is 21.1. The minimum absolute atomic E-state index is 0.129. The lowest BCUT2D eigenvalue weighted by Crippen LogP contribution is -2.50. The summed E-state index contributed by atoms with van der Waals surface area (Å²) in [6.07, 6.45) is 0. The van der Waals surface area contributed by atoms with Crippen LogP contribution in [0.1, 0.15) is 12.5 Å². The molecule has 1 aromatic rings. The molecule has 1 saturated heterocycles. The number of likely N-dealkylation sites (N-methyl/N-ethyl adjacent to an activating group) is 1. The quantitative estimate of drug-likeness (QED) is 0.648. The first-order valence-electron chi connectivity index (χ1n) is 6.08. The predicted molar refractivity (Wildman–Crippen MR) is 79.5 cm³/mol. The van der Waals surface area contributed by atoms with Crippen LogP contribution in [0.5, 0.6) is 0 Å². The molecule has 98 valence electrons. The molecule has 1 aromatic carbocycles. The second-order valence-corrected chi connectivity index (χ2v) is 5.77. The molecule has 2 rings (SSSR count). The standard InChI is InChI=1S/C13H19BrN4/c1-9-8-18(6-5-17(9)2)12-7-10(14)3-4-11(12)13(15)16/h3-4,7,9H,5-6,8H2,1-2H3,(H3,15,16). The molecule has 18 heavy (non-hydrogen) atoms. The molecule has 1 unspecified atom stereocenters. The van der Waals surface area contributed by atoms with Crippen LogP contribution in [-0.4, -0.2) is 43.5 Å². The largest absolute Gasteiger partial charge is 0.384 e. The van der Waals surface area contributed by atoms with E-state index in [1.807, 2.05) is 12.1 Å². The van der Waals surface area contributed by atoms with Gasteiger partial charge in [-0.15, -0.1) is 0 Å². The van der Waals surface area contributed by atoms with Crippen molar-refractivity contribution in [3.8, 4) is 0 Å². The van der Waals surface area contributed by atoms with Gasteiger partial charge in [0.2, 0.25) is 0 Å². The number of hydrogen-bond donors (Lipinski definition) is 2. The van der Waals surface area contributed by atoms with E-state index in [0.29, 0.717) is 6.04 Å². The van der Waals surface area contributed by atoms with Gasteiger partial charge in [0, 0.05) is 41.4 Å². The Morgan fingerprint density at radius 1 is 1.44 bits per heavy atom. The van der Waals surface area contributed by atoms with Crippen LogP contribution in [-0.2, 0) is 0 Å². The average Bonchev–Trinajstić information content (AvgIpc) is 2.32. The maximum Gasteiger partial charge on any atom is 0.124 e. The molecule has 1 aliphatic heterocycles. The van der Waals surface area contributed by atoms with Crippen molar-refractivity contribution in [2.75, 3.05) is 31.6 Å². The zero-order valence-electron chi connectivity index (χ0n) is 10.8. The Labute approximate surface area is 116 Å². The minimum atomic E-state index is 0.129. The molecule has 1 atom stereocenters. The van der Waals surface area contributed by atoms with Gasteiger partial charge < -0.3 is 15.5 Å². The number of piperazine rings is 1. The predicted octanol–water partition coefficient (Wildman–Crippen LogP) is 1.87. The van der Waals surface area contributed by atoms with E-state index in [1.165, 1.54) is 0 Å². The first kappa shape index (κ1) is 13.4.